The molecule has 4 unspecified atom stereocenters. The number of hydrogen-bond donors (Lipinski definition) is 2. The topological polar surface area (TPSA) is 47.3 Å². The fourth-order valence-electron chi connectivity index (χ4n) is 3.92. The number of aryl methyl sites for hydroxylation is 1. The minimum absolute atomic E-state index is 0.281. The van der Waals surface area contributed by atoms with Gasteiger partial charge >= 0.3 is 0 Å². The van der Waals surface area contributed by atoms with Crippen molar-refractivity contribution in [3.8, 4) is 5.75 Å². The molecule has 0 radical (unpaired) electrons. The summed E-state index contributed by atoms with van der Waals surface area (Å²) in [7, 11) is 0. The van der Waals surface area contributed by atoms with Crippen LogP contribution in [0, 0.1) is 6.92 Å². The summed E-state index contributed by atoms with van der Waals surface area (Å²) < 4.78 is 6.37. The second kappa shape index (κ2) is 7.47. The van der Waals surface area contributed by atoms with Gasteiger partial charge in [-0.05, 0) is 50.7 Å². The first-order chi connectivity index (χ1) is 10.7. The van der Waals surface area contributed by atoms with Crippen molar-refractivity contribution in [2.24, 2.45) is 5.73 Å². The highest BCUT2D eigenvalue weighted by Crippen LogP contribution is 2.27. The first-order valence-electron chi connectivity index (χ1n) is 8.98. The monoisotopic (exact) mass is 302 g/mol. The Labute approximate surface area is 134 Å². The number of benzene rings is 1. The average molecular weight is 302 g/mol. The molecular weight excluding hydrogens is 272 g/mol. The van der Waals surface area contributed by atoms with Crippen LogP contribution < -0.4 is 15.8 Å². The molecule has 0 spiro atoms. The zero-order valence-electron chi connectivity index (χ0n) is 13.8. The highest BCUT2D eigenvalue weighted by Gasteiger charge is 2.31. The third kappa shape index (κ3) is 3.82. The van der Waals surface area contributed by atoms with Crippen LogP contribution in [0.4, 0.5) is 0 Å². The smallest absolute Gasteiger partial charge is 0.122 e. The van der Waals surface area contributed by atoms with Gasteiger partial charge in [-0.1, -0.05) is 37.5 Å². The van der Waals surface area contributed by atoms with Crippen molar-refractivity contribution in [1.82, 2.24) is 5.32 Å². The lowest BCUT2D eigenvalue weighted by Crippen LogP contribution is -2.55. The molecule has 2 aliphatic carbocycles. The third-order valence-electron chi connectivity index (χ3n) is 5.32. The molecule has 3 heteroatoms. The van der Waals surface area contributed by atoms with Crippen LogP contribution >= 0.6 is 0 Å². The lowest BCUT2D eigenvalue weighted by molar-refractivity contribution is 0.0995. The van der Waals surface area contributed by atoms with E-state index in [9.17, 15) is 0 Å². The minimum atomic E-state index is 0.281. The van der Waals surface area contributed by atoms with Crippen LogP contribution in [0.3, 0.4) is 0 Å². The van der Waals surface area contributed by atoms with E-state index in [1.807, 2.05) is 0 Å². The summed E-state index contributed by atoms with van der Waals surface area (Å²) in [4.78, 5) is 0. The number of rotatable bonds is 4. The summed E-state index contributed by atoms with van der Waals surface area (Å²) in [5.74, 6) is 1.04. The Balaban J connectivity index is 1.64. The van der Waals surface area contributed by atoms with Gasteiger partial charge in [0, 0.05) is 18.1 Å². The van der Waals surface area contributed by atoms with Crippen LogP contribution in [-0.2, 0) is 0 Å². The normalized spacial score (nSPS) is 32.6. The molecule has 3 nitrogen and oxygen atoms in total. The van der Waals surface area contributed by atoms with E-state index >= 15 is 0 Å². The van der Waals surface area contributed by atoms with E-state index in [1.165, 1.54) is 44.1 Å². The molecule has 0 aliphatic heterocycles. The fraction of sp³-hybridized carbons (Fsp3) is 0.684. The molecule has 22 heavy (non-hydrogen) atoms. The van der Waals surface area contributed by atoms with Crippen LogP contribution in [-0.4, -0.2) is 24.2 Å². The van der Waals surface area contributed by atoms with Gasteiger partial charge in [0.25, 0.3) is 0 Å². The molecule has 0 bridgehead atoms. The number of nitrogens with two attached hydrogens (primary N) is 1. The molecule has 122 valence electrons. The molecular formula is C19H30N2O. The SMILES string of the molecule is Cc1ccccc1OC1CCCCC1NC1CCCCC1N. The van der Waals surface area contributed by atoms with Crippen molar-refractivity contribution in [1.29, 1.82) is 0 Å². The first-order valence-corrected chi connectivity index (χ1v) is 8.98. The summed E-state index contributed by atoms with van der Waals surface area (Å²) >= 11 is 0. The zero-order valence-corrected chi connectivity index (χ0v) is 13.8. The van der Waals surface area contributed by atoms with Gasteiger partial charge in [-0.15, -0.1) is 0 Å². The van der Waals surface area contributed by atoms with Crippen LogP contribution in [0.15, 0.2) is 24.3 Å². The van der Waals surface area contributed by atoms with E-state index in [4.69, 9.17) is 10.5 Å². The first kappa shape index (κ1) is 15.8. The Hall–Kier alpha value is -1.06. The molecule has 0 aromatic heterocycles. The van der Waals surface area contributed by atoms with E-state index in [1.54, 1.807) is 0 Å². The quantitative estimate of drug-likeness (QED) is 0.894. The second-order valence-electron chi connectivity index (χ2n) is 7.03. The summed E-state index contributed by atoms with van der Waals surface area (Å²) in [6, 6.07) is 9.58. The molecule has 4 atom stereocenters. The molecule has 2 aliphatic rings. The average Bonchev–Trinajstić information content (AvgIpc) is 2.53. The Bertz CT molecular complexity index is 476. The van der Waals surface area contributed by atoms with Crippen molar-refractivity contribution >= 4 is 0 Å². The van der Waals surface area contributed by atoms with Crippen LogP contribution in [0.2, 0.25) is 0 Å². The number of ether oxygens (including phenoxy) is 1. The Morgan fingerprint density at radius 3 is 2.41 bits per heavy atom. The van der Waals surface area contributed by atoms with Crippen LogP contribution in [0.5, 0.6) is 5.75 Å². The zero-order chi connectivity index (χ0) is 15.4. The predicted octanol–water partition coefficient (Wildman–Crippen LogP) is 3.54. The van der Waals surface area contributed by atoms with Crippen molar-refractivity contribution in [3.63, 3.8) is 0 Å². The maximum absolute atomic E-state index is 6.37. The summed E-state index contributed by atoms with van der Waals surface area (Å²) in [6.07, 6.45) is 10.2. The van der Waals surface area contributed by atoms with Crippen molar-refractivity contribution < 1.29 is 4.74 Å². The summed E-state index contributed by atoms with van der Waals surface area (Å²) in [5.41, 5.74) is 7.54. The molecule has 3 rings (SSSR count). The molecule has 1 aromatic rings. The number of nitrogens with one attached hydrogen (secondary N) is 1. The minimum Gasteiger partial charge on any atom is -0.489 e. The van der Waals surface area contributed by atoms with E-state index in [0.29, 0.717) is 18.1 Å². The van der Waals surface area contributed by atoms with Crippen molar-refractivity contribution in [2.75, 3.05) is 0 Å². The van der Waals surface area contributed by atoms with Gasteiger partial charge in [0.05, 0.1) is 0 Å². The Morgan fingerprint density at radius 2 is 1.64 bits per heavy atom. The Morgan fingerprint density at radius 1 is 0.955 bits per heavy atom. The lowest BCUT2D eigenvalue weighted by Gasteiger charge is -2.38. The van der Waals surface area contributed by atoms with E-state index in [2.05, 4.69) is 36.5 Å². The fourth-order valence-corrected chi connectivity index (χ4v) is 3.92. The highest BCUT2D eigenvalue weighted by molar-refractivity contribution is 5.32. The van der Waals surface area contributed by atoms with Gasteiger partial charge in [0.15, 0.2) is 0 Å². The molecule has 0 heterocycles. The number of para-hydroxylation sites is 1. The highest BCUT2D eigenvalue weighted by atomic mass is 16.5. The molecule has 2 saturated carbocycles. The predicted molar refractivity (Wildman–Crippen MR) is 91.2 cm³/mol. The molecule has 2 fully saturated rings. The van der Waals surface area contributed by atoms with Crippen LogP contribution in [0.1, 0.15) is 56.9 Å². The van der Waals surface area contributed by atoms with E-state index < -0.39 is 0 Å². The van der Waals surface area contributed by atoms with Gasteiger partial charge in [-0.2, -0.15) is 0 Å². The van der Waals surface area contributed by atoms with Gasteiger partial charge in [0.2, 0.25) is 0 Å². The third-order valence-corrected chi connectivity index (χ3v) is 5.32. The van der Waals surface area contributed by atoms with Gasteiger partial charge in [-0.3, -0.25) is 0 Å². The van der Waals surface area contributed by atoms with Gasteiger partial charge in [0.1, 0.15) is 11.9 Å². The maximum atomic E-state index is 6.37. The summed E-state index contributed by atoms with van der Waals surface area (Å²) in [5, 5.41) is 3.85. The van der Waals surface area contributed by atoms with E-state index in [-0.39, 0.29) is 6.10 Å². The largest absolute Gasteiger partial charge is 0.489 e. The van der Waals surface area contributed by atoms with Gasteiger partial charge in [-0.25, -0.2) is 0 Å². The molecule has 0 saturated heterocycles. The lowest BCUT2D eigenvalue weighted by atomic mass is 9.87. The second-order valence-corrected chi connectivity index (χ2v) is 7.03. The van der Waals surface area contributed by atoms with Gasteiger partial charge < -0.3 is 15.8 Å². The molecule has 3 N–H and O–H groups in total. The molecule has 0 amide bonds. The standard InChI is InChI=1S/C19H30N2O/c1-14-8-2-6-12-18(14)22-19-13-7-5-11-17(19)21-16-10-4-3-9-15(16)20/h2,6,8,12,15-17,19,21H,3-5,7,9-11,13,20H2,1H3. The van der Waals surface area contributed by atoms with Crippen molar-refractivity contribution in [2.45, 2.75) is 82.5 Å². The van der Waals surface area contributed by atoms with Crippen molar-refractivity contribution in [3.05, 3.63) is 29.8 Å². The molecule has 1 aromatic carbocycles. The number of hydrogen-bond acceptors (Lipinski definition) is 3. The Kier molecular flexibility index (Phi) is 5.37. The summed E-state index contributed by atoms with van der Waals surface area (Å²) in [6.45, 7) is 2.12. The maximum Gasteiger partial charge on any atom is 0.122 e. The van der Waals surface area contributed by atoms with E-state index in [0.717, 1.165) is 18.6 Å². The van der Waals surface area contributed by atoms with Crippen LogP contribution in [0.25, 0.3) is 0 Å².